The molecule has 5 fully saturated rings. The van der Waals surface area contributed by atoms with Crippen molar-refractivity contribution in [2.45, 2.75) is 86.5 Å². The summed E-state index contributed by atoms with van der Waals surface area (Å²) < 4.78 is 43.9. The van der Waals surface area contributed by atoms with Crippen LogP contribution in [0, 0.1) is 23.6 Å². The Balaban J connectivity index is 1.23. The van der Waals surface area contributed by atoms with Gasteiger partial charge in [0.25, 0.3) is 0 Å². The summed E-state index contributed by atoms with van der Waals surface area (Å²) in [6.07, 6.45) is 6.38. The molecule has 2 aromatic rings. The van der Waals surface area contributed by atoms with Crippen molar-refractivity contribution in [3.63, 3.8) is 0 Å². The maximum Gasteiger partial charge on any atom is 0.319 e. The van der Waals surface area contributed by atoms with E-state index >= 15 is 4.39 Å². The maximum absolute atomic E-state index is 17.0. The molecule has 4 saturated heterocycles. The van der Waals surface area contributed by atoms with E-state index < -0.39 is 18.1 Å². The van der Waals surface area contributed by atoms with Gasteiger partial charge in [0.05, 0.1) is 22.7 Å². The van der Waals surface area contributed by atoms with Crippen molar-refractivity contribution in [1.82, 2.24) is 30.7 Å². The van der Waals surface area contributed by atoms with E-state index in [1.807, 2.05) is 0 Å². The molecule has 10 nitrogen and oxygen atoms in total. The molecule has 45 heavy (non-hydrogen) atoms. The Bertz CT molecular complexity index is 1410. The van der Waals surface area contributed by atoms with Crippen LogP contribution in [0.3, 0.4) is 0 Å². The number of nitrogens with zero attached hydrogens (tertiary/aromatic N) is 5. The van der Waals surface area contributed by atoms with Crippen molar-refractivity contribution in [3.8, 4) is 6.01 Å². The molecule has 0 aromatic carbocycles. The molecule has 6 aliphatic heterocycles. The average Bonchev–Trinajstić information content (AvgIpc) is 3.74. The molecule has 7 aliphatic rings. The van der Waals surface area contributed by atoms with Crippen LogP contribution >= 0.6 is 11.6 Å². The number of halogens is 3. The van der Waals surface area contributed by atoms with E-state index in [1.165, 1.54) is 0 Å². The number of aromatic nitrogens is 3. The zero-order chi connectivity index (χ0) is 30.7. The van der Waals surface area contributed by atoms with Gasteiger partial charge in [0.2, 0.25) is 0 Å². The summed E-state index contributed by atoms with van der Waals surface area (Å²) in [6, 6.07) is 0.212. The van der Waals surface area contributed by atoms with Crippen LogP contribution in [0.4, 0.5) is 14.6 Å². The average molecular weight is 648 g/mol. The number of hydrogen-bond acceptors (Lipinski definition) is 10. The van der Waals surface area contributed by atoms with Gasteiger partial charge in [0, 0.05) is 75.3 Å². The topological polar surface area (TPSA) is 108 Å². The fourth-order valence-electron chi connectivity index (χ4n) is 9.39. The van der Waals surface area contributed by atoms with Crippen LogP contribution in [0.2, 0.25) is 0 Å². The lowest BCUT2D eigenvalue weighted by Crippen LogP contribution is -2.46. The molecule has 5 unspecified atom stereocenters. The first-order valence-electron chi connectivity index (χ1n) is 16.9. The highest BCUT2D eigenvalue weighted by molar-refractivity contribution is 6.21. The molecule has 1 saturated carbocycles. The van der Waals surface area contributed by atoms with E-state index in [4.69, 9.17) is 36.0 Å². The molecular weight excluding hydrogens is 604 g/mol. The van der Waals surface area contributed by atoms with Crippen LogP contribution in [-0.2, 0) is 4.74 Å². The van der Waals surface area contributed by atoms with Gasteiger partial charge in [-0.05, 0) is 63.3 Å². The first-order chi connectivity index (χ1) is 21.9. The van der Waals surface area contributed by atoms with E-state index in [-0.39, 0.29) is 58.8 Å². The van der Waals surface area contributed by atoms with Crippen LogP contribution in [0.25, 0.3) is 10.9 Å². The number of hydrazine groups is 1. The second-order valence-corrected chi connectivity index (χ2v) is 14.8. The van der Waals surface area contributed by atoms with Crippen molar-refractivity contribution in [3.05, 3.63) is 17.7 Å². The molecule has 0 spiro atoms. The molecular formula is C32H44ClF2N7O3. The Labute approximate surface area is 267 Å². The fourth-order valence-corrected chi connectivity index (χ4v) is 9.87. The van der Waals surface area contributed by atoms with Gasteiger partial charge in [0.1, 0.15) is 24.1 Å². The summed E-state index contributed by atoms with van der Waals surface area (Å²) in [7, 11) is 0. The van der Waals surface area contributed by atoms with Crippen molar-refractivity contribution >= 4 is 28.3 Å². The highest BCUT2D eigenvalue weighted by Gasteiger charge is 2.50. The van der Waals surface area contributed by atoms with Gasteiger partial charge in [-0.2, -0.15) is 9.97 Å². The van der Waals surface area contributed by atoms with Gasteiger partial charge in [-0.1, -0.05) is 0 Å². The molecule has 6 bridgehead atoms. The fraction of sp³-hybridized carbons (Fsp3) is 0.781. The standard InChI is InChI=1S/C32H44ClF2N7O3/c33-23-11-24-21(14-37-40-24)26-20(23)4-9-44-10-5-25(43)18-3-1-7-41(15-18)30-22-13-36-29(26)27(35)28(22)38-31(39-30)45-17-32-6-2-8-42(32)16-19(34)12-32/h13,18-21,23-26,37,40,43H,1-12,14-17H2/t18-,19-,20?,21?,23?,24?,25-,26?,32+/m1/s1. The van der Waals surface area contributed by atoms with Crippen molar-refractivity contribution in [2.24, 2.45) is 17.8 Å². The second-order valence-electron chi connectivity index (χ2n) is 14.3. The number of anilines is 1. The Morgan fingerprint density at radius 1 is 1.13 bits per heavy atom. The van der Waals surface area contributed by atoms with Crippen LogP contribution in [0.5, 0.6) is 6.01 Å². The number of fused-ring (bicyclic) bond motifs is 8. The lowest BCUT2D eigenvalue weighted by molar-refractivity contribution is 0.0386. The van der Waals surface area contributed by atoms with Crippen LogP contribution in [-0.4, -0.2) is 107 Å². The van der Waals surface area contributed by atoms with Gasteiger partial charge >= 0.3 is 6.01 Å². The van der Waals surface area contributed by atoms with E-state index in [9.17, 15) is 9.50 Å². The van der Waals surface area contributed by atoms with Crippen LogP contribution in [0.1, 0.15) is 63.0 Å². The van der Waals surface area contributed by atoms with Gasteiger partial charge in [0.15, 0.2) is 5.82 Å². The predicted molar refractivity (Wildman–Crippen MR) is 166 cm³/mol. The minimum Gasteiger partial charge on any atom is -0.461 e. The van der Waals surface area contributed by atoms with E-state index in [1.54, 1.807) is 6.20 Å². The summed E-state index contributed by atoms with van der Waals surface area (Å²) in [5.41, 5.74) is 6.81. The number of hydrogen-bond donors (Lipinski definition) is 3. The number of aliphatic hydroxyl groups is 1. The normalized spacial score (nSPS) is 38.9. The molecule has 3 N–H and O–H groups in total. The minimum atomic E-state index is -0.875. The van der Waals surface area contributed by atoms with E-state index in [0.717, 1.165) is 45.2 Å². The molecule has 9 atom stereocenters. The number of pyridine rings is 1. The highest BCUT2D eigenvalue weighted by atomic mass is 35.5. The number of nitrogens with one attached hydrogen (secondary N) is 2. The third-order valence-electron chi connectivity index (χ3n) is 11.7. The Morgan fingerprint density at radius 2 is 2.02 bits per heavy atom. The van der Waals surface area contributed by atoms with E-state index in [2.05, 4.69) is 20.7 Å². The number of ether oxygens (including phenoxy) is 2. The summed E-state index contributed by atoms with van der Waals surface area (Å²) in [5.74, 6) is -0.0418. The first kappa shape index (κ1) is 30.4. The maximum atomic E-state index is 17.0. The Kier molecular flexibility index (Phi) is 8.27. The van der Waals surface area contributed by atoms with Crippen LogP contribution < -0.4 is 20.5 Å². The summed E-state index contributed by atoms with van der Waals surface area (Å²) in [4.78, 5) is 18.7. The zero-order valence-electron chi connectivity index (χ0n) is 25.6. The molecule has 0 amide bonds. The quantitative estimate of drug-likeness (QED) is 0.430. The third kappa shape index (κ3) is 5.47. The van der Waals surface area contributed by atoms with Gasteiger partial charge < -0.3 is 19.5 Å². The molecule has 1 aliphatic carbocycles. The lowest BCUT2D eigenvalue weighted by atomic mass is 9.67. The number of rotatable bonds is 3. The van der Waals surface area contributed by atoms with Crippen molar-refractivity contribution in [2.75, 3.05) is 57.4 Å². The molecule has 13 heteroatoms. The third-order valence-corrected chi connectivity index (χ3v) is 12.2. The van der Waals surface area contributed by atoms with Gasteiger partial charge in [-0.15, -0.1) is 11.6 Å². The summed E-state index contributed by atoms with van der Waals surface area (Å²) in [6.45, 7) is 4.49. The van der Waals surface area contributed by atoms with E-state index in [0.29, 0.717) is 69.0 Å². The zero-order valence-corrected chi connectivity index (χ0v) is 26.4. The number of aliphatic hydroxyl groups excluding tert-OH is 1. The number of alkyl halides is 2. The molecule has 246 valence electrons. The first-order valence-corrected chi connectivity index (χ1v) is 17.3. The minimum absolute atomic E-state index is 0.0295. The van der Waals surface area contributed by atoms with Crippen molar-refractivity contribution in [1.29, 1.82) is 0 Å². The highest BCUT2D eigenvalue weighted by Crippen LogP contribution is 2.48. The van der Waals surface area contributed by atoms with Gasteiger partial charge in [-0.3, -0.25) is 20.7 Å². The van der Waals surface area contributed by atoms with Crippen LogP contribution in [0.15, 0.2) is 6.20 Å². The summed E-state index contributed by atoms with van der Waals surface area (Å²) >= 11 is 7.04. The van der Waals surface area contributed by atoms with Crippen molar-refractivity contribution < 1.29 is 23.4 Å². The molecule has 9 rings (SSSR count). The smallest absolute Gasteiger partial charge is 0.319 e. The molecule has 0 radical (unpaired) electrons. The Hall–Kier alpha value is -1.96. The Morgan fingerprint density at radius 3 is 2.93 bits per heavy atom. The van der Waals surface area contributed by atoms with Gasteiger partial charge in [-0.25, -0.2) is 8.78 Å². The lowest BCUT2D eigenvalue weighted by Gasteiger charge is -2.42. The SMILES string of the molecule is O[C@@H]1CCOCCC2C(Cl)CC3NNCC3C2c2ncc3c(nc(OC[C@@]45CCCN4C[C@H](F)C5)nc3c2F)N2CCC[C@@H]1C2. The predicted octanol–water partition coefficient (Wildman–Crippen LogP) is 3.31. The second kappa shape index (κ2) is 12.2. The molecule has 8 heterocycles. The summed E-state index contributed by atoms with van der Waals surface area (Å²) in [5, 5.41) is 11.5. The monoisotopic (exact) mass is 647 g/mol. The number of piperidine rings is 1. The molecule has 2 aromatic heterocycles. The largest absolute Gasteiger partial charge is 0.461 e.